The van der Waals surface area contributed by atoms with Crippen LogP contribution in [0.5, 0.6) is 0 Å². The predicted molar refractivity (Wildman–Crippen MR) is 81.3 cm³/mol. The highest BCUT2D eigenvalue weighted by molar-refractivity contribution is 9.10. The Labute approximate surface area is 122 Å². The van der Waals surface area contributed by atoms with Gasteiger partial charge < -0.3 is 10.6 Å². The number of para-hydroxylation sites is 1. The SMILES string of the molecule is CC(CC(=O)Nc1ccccc1Br)N1CCNCC1. The maximum atomic E-state index is 12.0. The van der Waals surface area contributed by atoms with Gasteiger partial charge in [0.25, 0.3) is 0 Å². The van der Waals surface area contributed by atoms with Crippen LogP contribution in [0.3, 0.4) is 0 Å². The Balaban J connectivity index is 1.85. The number of halogens is 1. The summed E-state index contributed by atoms with van der Waals surface area (Å²) in [5.74, 6) is 0.0675. The van der Waals surface area contributed by atoms with Gasteiger partial charge in [-0.25, -0.2) is 0 Å². The summed E-state index contributed by atoms with van der Waals surface area (Å²) in [4.78, 5) is 14.4. The van der Waals surface area contributed by atoms with Crippen LogP contribution in [-0.4, -0.2) is 43.0 Å². The van der Waals surface area contributed by atoms with Gasteiger partial charge in [0.15, 0.2) is 0 Å². The molecule has 1 heterocycles. The molecule has 0 aromatic heterocycles. The first-order chi connectivity index (χ1) is 9.16. The molecule has 19 heavy (non-hydrogen) atoms. The minimum Gasteiger partial charge on any atom is -0.325 e. The average molecular weight is 326 g/mol. The average Bonchev–Trinajstić information content (AvgIpc) is 2.42. The van der Waals surface area contributed by atoms with Crippen molar-refractivity contribution in [3.8, 4) is 0 Å². The molecule has 1 amide bonds. The Morgan fingerprint density at radius 1 is 1.42 bits per heavy atom. The van der Waals surface area contributed by atoms with Crippen molar-refractivity contribution in [1.29, 1.82) is 0 Å². The maximum absolute atomic E-state index is 12.0. The van der Waals surface area contributed by atoms with Crippen LogP contribution in [0, 0.1) is 0 Å². The van der Waals surface area contributed by atoms with E-state index in [1.165, 1.54) is 0 Å². The second-order valence-corrected chi connectivity index (χ2v) is 5.72. The van der Waals surface area contributed by atoms with Crippen LogP contribution in [0.4, 0.5) is 5.69 Å². The molecule has 0 spiro atoms. The van der Waals surface area contributed by atoms with Gasteiger partial charge in [0.1, 0.15) is 0 Å². The third kappa shape index (κ3) is 4.30. The second-order valence-electron chi connectivity index (χ2n) is 4.87. The Bertz CT molecular complexity index is 432. The molecule has 0 saturated carbocycles. The van der Waals surface area contributed by atoms with E-state index in [0.717, 1.165) is 36.3 Å². The summed E-state index contributed by atoms with van der Waals surface area (Å²) < 4.78 is 0.915. The van der Waals surface area contributed by atoms with Crippen molar-refractivity contribution in [2.75, 3.05) is 31.5 Å². The van der Waals surface area contributed by atoms with E-state index >= 15 is 0 Å². The number of rotatable bonds is 4. The fraction of sp³-hybridized carbons (Fsp3) is 0.500. The van der Waals surface area contributed by atoms with E-state index in [2.05, 4.69) is 38.4 Å². The number of amides is 1. The summed E-state index contributed by atoms with van der Waals surface area (Å²) in [5.41, 5.74) is 0.833. The van der Waals surface area contributed by atoms with E-state index in [4.69, 9.17) is 0 Å². The molecule has 1 atom stereocenters. The van der Waals surface area contributed by atoms with E-state index in [1.54, 1.807) is 0 Å². The largest absolute Gasteiger partial charge is 0.325 e. The summed E-state index contributed by atoms with van der Waals surface area (Å²) in [6, 6.07) is 7.96. The van der Waals surface area contributed by atoms with Crippen LogP contribution in [0.25, 0.3) is 0 Å². The fourth-order valence-corrected chi connectivity index (χ4v) is 2.67. The summed E-state index contributed by atoms with van der Waals surface area (Å²) >= 11 is 3.43. The lowest BCUT2D eigenvalue weighted by Crippen LogP contribution is -2.48. The fourth-order valence-electron chi connectivity index (χ4n) is 2.28. The quantitative estimate of drug-likeness (QED) is 0.890. The van der Waals surface area contributed by atoms with Crippen LogP contribution in [-0.2, 0) is 4.79 Å². The molecule has 2 rings (SSSR count). The Morgan fingerprint density at radius 2 is 2.11 bits per heavy atom. The van der Waals surface area contributed by atoms with E-state index < -0.39 is 0 Å². The number of anilines is 1. The van der Waals surface area contributed by atoms with Crippen LogP contribution in [0.1, 0.15) is 13.3 Å². The van der Waals surface area contributed by atoms with Crippen molar-refractivity contribution in [3.63, 3.8) is 0 Å². The highest BCUT2D eigenvalue weighted by Crippen LogP contribution is 2.21. The molecule has 104 valence electrons. The van der Waals surface area contributed by atoms with Gasteiger partial charge in [0.2, 0.25) is 5.91 Å². The van der Waals surface area contributed by atoms with Crippen LogP contribution >= 0.6 is 15.9 Å². The first-order valence-corrected chi connectivity index (χ1v) is 7.45. The molecule has 1 aromatic carbocycles. The molecule has 1 aliphatic heterocycles. The van der Waals surface area contributed by atoms with Gasteiger partial charge in [-0.3, -0.25) is 9.69 Å². The van der Waals surface area contributed by atoms with Gasteiger partial charge in [0, 0.05) is 43.1 Å². The number of hydrogen-bond donors (Lipinski definition) is 2. The predicted octanol–water partition coefficient (Wildman–Crippen LogP) is 2.07. The lowest BCUT2D eigenvalue weighted by molar-refractivity contribution is -0.117. The van der Waals surface area contributed by atoms with Crippen molar-refractivity contribution < 1.29 is 4.79 Å². The summed E-state index contributed by atoms with van der Waals surface area (Å²) in [7, 11) is 0. The van der Waals surface area contributed by atoms with Crippen molar-refractivity contribution >= 4 is 27.5 Å². The first-order valence-electron chi connectivity index (χ1n) is 6.66. The van der Waals surface area contributed by atoms with Crippen LogP contribution in [0.2, 0.25) is 0 Å². The lowest BCUT2D eigenvalue weighted by atomic mass is 10.1. The standard InChI is InChI=1S/C14H20BrN3O/c1-11(18-8-6-16-7-9-18)10-14(19)17-13-5-3-2-4-12(13)15/h2-5,11,16H,6-10H2,1H3,(H,17,19). The first kappa shape index (κ1) is 14.5. The molecule has 1 fully saturated rings. The molecule has 4 nitrogen and oxygen atoms in total. The van der Waals surface area contributed by atoms with Crippen LogP contribution < -0.4 is 10.6 Å². The molecule has 1 aromatic rings. The highest BCUT2D eigenvalue weighted by atomic mass is 79.9. The van der Waals surface area contributed by atoms with Gasteiger partial charge in [-0.2, -0.15) is 0 Å². The molecule has 0 bridgehead atoms. The Kier molecular flexibility index (Phi) is 5.36. The molecule has 0 aliphatic carbocycles. The number of hydrogen-bond acceptors (Lipinski definition) is 3. The zero-order valence-electron chi connectivity index (χ0n) is 11.2. The smallest absolute Gasteiger partial charge is 0.225 e. The molecule has 1 saturated heterocycles. The zero-order valence-corrected chi connectivity index (χ0v) is 12.7. The Hall–Kier alpha value is -0.910. The third-order valence-electron chi connectivity index (χ3n) is 3.40. The minimum atomic E-state index is 0.0675. The summed E-state index contributed by atoms with van der Waals surface area (Å²) in [6.07, 6.45) is 0.529. The molecule has 2 N–H and O–H groups in total. The van der Waals surface area contributed by atoms with Crippen molar-refractivity contribution in [1.82, 2.24) is 10.2 Å². The number of benzene rings is 1. The van der Waals surface area contributed by atoms with Crippen molar-refractivity contribution in [2.45, 2.75) is 19.4 Å². The van der Waals surface area contributed by atoms with E-state index in [-0.39, 0.29) is 11.9 Å². The van der Waals surface area contributed by atoms with E-state index in [9.17, 15) is 4.79 Å². The number of carbonyl (C=O) groups excluding carboxylic acids is 1. The normalized spacial score (nSPS) is 18.0. The number of piperazine rings is 1. The lowest BCUT2D eigenvalue weighted by Gasteiger charge is -2.32. The molecule has 1 unspecified atom stereocenters. The van der Waals surface area contributed by atoms with E-state index in [0.29, 0.717) is 6.42 Å². The minimum absolute atomic E-state index is 0.0675. The second kappa shape index (κ2) is 7.03. The summed E-state index contributed by atoms with van der Waals surface area (Å²) in [6.45, 7) is 6.17. The monoisotopic (exact) mass is 325 g/mol. The Morgan fingerprint density at radius 3 is 2.79 bits per heavy atom. The van der Waals surface area contributed by atoms with E-state index in [1.807, 2.05) is 24.3 Å². The van der Waals surface area contributed by atoms with Gasteiger partial charge in [0.05, 0.1) is 5.69 Å². The van der Waals surface area contributed by atoms with Gasteiger partial charge in [-0.1, -0.05) is 12.1 Å². The highest BCUT2D eigenvalue weighted by Gasteiger charge is 2.19. The zero-order chi connectivity index (χ0) is 13.7. The topological polar surface area (TPSA) is 44.4 Å². The summed E-state index contributed by atoms with van der Waals surface area (Å²) in [5, 5.41) is 6.27. The van der Waals surface area contributed by atoms with Crippen molar-refractivity contribution in [2.24, 2.45) is 0 Å². The third-order valence-corrected chi connectivity index (χ3v) is 4.10. The molecule has 1 aliphatic rings. The molecule has 5 heteroatoms. The molecular weight excluding hydrogens is 306 g/mol. The van der Waals surface area contributed by atoms with Gasteiger partial charge >= 0.3 is 0 Å². The van der Waals surface area contributed by atoms with Gasteiger partial charge in [-0.05, 0) is 35.0 Å². The van der Waals surface area contributed by atoms with Gasteiger partial charge in [-0.15, -0.1) is 0 Å². The van der Waals surface area contributed by atoms with Crippen LogP contribution in [0.15, 0.2) is 28.7 Å². The number of nitrogens with zero attached hydrogens (tertiary/aromatic N) is 1. The van der Waals surface area contributed by atoms with Crippen molar-refractivity contribution in [3.05, 3.63) is 28.7 Å². The molecule has 0 radical (unpaired) electrons. The maximum Gasteiger partial charge on any atom is 0.225 e. The molecular formula is C14H20BrN3O. The number of nitrogens with one attached hydrogen (secondary N) is 2. The number of carbonyl (C=O) groups is 1.